The van der Waals surface area contributed by atoms with Crippen molar-refractivity contribution in [3.8, 4) is 5.75 Å². The lowest BCUT2D eigenvalue weighted by Gasteiger charge is -2.44. The first-order valence-corrected chi connectivity index (χ1v) is 13.2. The minimum atomic E-state index is -1.36. The molecule has 0 aliphatic heterocycles. The highest BCUT2D eigenvalue weighted by molar-refractivity contribution is 6.00. The molecule has 0 fully saturated rings. The van der Waals surface area contributed by atoms with Gasteiger partial charge < -0.3 is 30.7 Å². The maximum Gasteiger partial charge on any atom is 0.408 e. The van der Waals surface area contributed by atoms with Crippen molar-refractivity contribution in [3.63, 3.8) is 0 Å². The molecule has 4 amide bonds. The highest BCUT2D eigenvalue weighted by atomic mass is 16.6. The number of ether oxygens (including phenoxy) is 2. The van der Waals surface area contributed by atoms with Crippen LogP contribution >= 0.6 is 0 Å². The Morgan fingerprint density at radius 3 is 2.00 bits per heavy atom. The second-order valence-electron chi connectivity index (χ2n) is 11.3. The van der Waals surface area contributed by atoms with E-state index in [4.69, 9.17) is 15.2 Å². The average Bonchev–Trinajstić information content (AvgIpc) is 2.86. The van der Waals surface area contributed by atoms with Crippen LogP contribution in [0, 0.1) is 6.92 Å². The number of carbonyl (C=O) groups excluding carboxylic acids is 4. The van der Waals surface area contributed by atoms with Crippen molar-refractivity contribution in [2.45, 2.75) is 84.5 Å². The first-order valence-electron chi connectivity index (χ1n) is 13.2. The van der Waals surface area contributed by atoms with Crippen LogP contribution in [-0.4, -0.2) is 53.0 Å². The lowest BCUT2D eigenvalue weighted by Crippen LogP contribution is -2.59. The summed E-state index contributed by atoms with van der Waals surface area (Å²) in [6.07, 6.45) is -0.891. The van der Waals surface area contributed by atoms with Gasteiger partial charge >= 0.3 is 6.09 Å². The Bertz CT molecular complexity index is 1190. The number of anilines is 1. The van der Waals surface area contributed by atoms with E-state index in [2.05, 4.69) is 10.6 Å². The first-order chi connectivity index (χ1) is 18.6. The summed E-state index contributed by atoms with van der Waals surface area (Å²) >= 11 is 0. The molecule has 0 radical (unpaired) electrons. The molecule has 4 N–H and O–H groups in total. The number of nitrogens with one attached hydrogen (secondary N) is 2. The third-order valence-corrected chi connectivity index (χ3v) is 6.41. The molecule has 10 nitrogen and oxygen atoms in total. The number of rotatable bonds is 11. The molecule has 40 heavy (non-hydrogen) atoms. The standard InChI is InChI=1S/C30H42N4O6/c1-9-30(6,7)34(27(37)23(18-24(31)35)33-28(38)40-29(3,4)5)25(20-12-10-19(2)11-13-20)26(36)32-21-14-16-22(39-8)17-15-21/h10-17,23,25H,9,18H2,1-8H3,(H2,31,35)(H,32,36)(H,33,38). The van der Waals surface area contributed by atoms with Crippen LogP contribution in [0.2, 0.25) is 0 Å². The number of hydrogen-bond donors (Lipinski definition) is 3. The van der Waals surface area contributed by atoms with Crippen LogP contribution in [-0.2, 0) is 19.1 Å². The molecule has 0 heterocycles. The largest absolute Gasteiger partial charge is 0.497 e. The molecule has 0 aromatic heterocycles. The molecule has 0 bridgehead atoms. The molecular formula is C30H42N4O6. The van der Waals surface area contributed by atoms with E-state index in [0.29, 0.717) is 23.4 Å². The number of aryl methyl sites for hydroxylation is 1. The van der Waals surface area contributed by atoms with Gasteiger partial charge in [0.1, 0.15) is 23.4 Å². The van der Waals surface area contributed by atoms with E-state index < -0.39 is 53.5 Å². The molecule has 2 rings (SSSR count). The van der Waals surface area contributed by atoms with Crippen molar-refractivity contribution in [2.24, 2.45) is 5.73 Å². The molecule has 0 spiro atoms. The quantitative estimate of drug-likeness (QED) is 0.374. The zero-order chi connectivity index (χ0) is 30.3. The summed E-state index contributed by atoms with van der Waals surface area (Å²) in [5.41, 5.74) is 5.79. The van der Waals surface area contributed by atoms with Gasteiger partial charge in [0.2, 0.25) is 11.8 Å². The van der Waals surface area contributed by atoms with Gasteiger partial charge in [-0.3, -0.25) is 14.4 Å². The van der Waals surface area contributed by atoms with Gasteiger partial charge in [-0.1, -0.05) is 36.8 Å². The first kappa shape index (κ1) is 32.1. The summed E-state index contributed by atoms with van der Waals surface area (Å²) in [6.45, 7) is 12.5. The summed E-state index contributed by atoms with van der Waals surface area (Å²) < 4.78 is 10.5. The SMILES string of the molecule is CCC(C)(C)N(C(=O)C(CC(N)=O)NC(=O)OC(C)(C)C)C(C(=O)Nc1ccc(OC)cc1)c1ccc(C)cc1. The van der Waals surface area contributed by atoms with Crippen molar-refractivity contribution < 1.29 is 28.7 Å². The fourth-order valence-electron chi connectivity index (χ4n) is 4.02. The van der Waals surface area contributed by atoms with Crippen LogP contribution in [0.3, 0.4) is 0 Å². The van der Waals surface area contributed by atoms with E-state index in [9.17, 15) is 19.2 Å². The Morgan fingerprint density at radius 1 is 0.950 bits per heavy atom. The second-order valence-corrected chi connectivity index (χ2v) is 11.3. The van der Waals surface area contributed by atoms with Crippen LogP contribution in [0.25, 0.3) is 0 Å². The highest BCUT2D eigenvalue weighted by Gasteiger charge is 2.43. The Labute approximate surface area is 236 Å². The van der Waals surface area contributed by atoms with Gasteiger partial charge in [-0.2, -0.15) is 0 Å². The van der Waals surface area contributed by atoms with Crippen LogP contribution < -0.4 is 21.1 Å². The smallest absolute Gasteiger partial charge is 0.408 e. The predicted octanol–water partition coefficient (Wildman–Crippen LogP) is 4.47. The van der Waals surface area contributed by atoms with Gasteiger partial charge in [0.15, 0.2) is 0 Å². The summed E-state index contributed by atoms with van der Waals surface area (Å²) in [4.78, 5) is 54.3. The van der Waals surface area contributed by atoms with E-state index in [-0.39, 0.29) is 0 Å². The van der Waals surface area contributed by atoms with Crippen molar-refractivity contribution in [1.29, 1.82) is 0 Å². The topological polar surface area (TPSA) is 140 Å². The molecule has 2 atom stereocenters. The zero-order valence-electron chi connectivity index (χ0n) is 24.7. The number of nitrogens with zero attached hydrogens (tertiary/aromatic N) is 1. The fraction of sp³-hybridized carbons (Fsp3) is 0.467. The third kappa shape index (κ3) is 9.00. The van der Waals surface area contributed by atoms with Crippen LogP contribution in [0.5, 0.6) is 5.75 Å². The molecule has 2 unspecified atom stereocenters. The Morgan fingerprint density at radius 2 is 1.52 bits per heavy atom. The van der Waals surface area contributed by atoms with E-state index in [1.807, 2.05) is 39.8 Å². The van der Waals surface area contributed by atoms with E-state index in [0.717, 1.165) is 5.56 Å². The molecule has 2 aromatic carbocycles. The molecule has 0 aliphatic rings. The molecule has 10 heteroatoms. The molecule has 0 saturated carbocycles. The Hall–Kier alpha value is -4.08. The molecule has 218 valence electrons. The maximum absolute atomic E-state index is 14.3. The van der Waals surface area contributed by atoms with E-state index in [1.165, 1.54) is 4.90 Å². The highest BCUT2D eigenvalue weighted by Crippen LogP contribution is 2.33. The monoisotopic (exact) mass is 554 g/mol. The fourth-order valence-corrected chi connectivity index (χ4v) is 4.02. The van der Waals surface area contributed by atoms with E-state index in [1.54, 1.807) is 64.3 Å². The van der Waals surface area contributed by atoms with Gasteiger partial charge in [-0.05, 0) is 77.8 Å². The summed E-state index contributed by atoms with van der Waals surface area (Å²) in [7, 11) is 1.55. The number of hydrogen-bond acceptors (Lipinski definition) is 6. The number of primary amides is 1. The van der Waals surface area contributed by atoms with Crippen LogP contribution in [0.1, 0.15) is 71.6 Å². The minimum Gasteiger partial charge on any atom is -0.497 e. The number of amides is 4. The number of alkyl carbamates (subject to hydrolysis) is 1. The molecule has 2 aromatic rings. The summed E-state index contributed by atoms with van der Waals surface area (Å²) in [5.74, 6) is -1.29. The summed E-state index contributed by atoms with van der Waals surface area (Å²) in [5, 5.41) is 5.40. The number of nitrogens with two attached hydrogens (primary N) is 1. The predicted molar refractivity (Wildman–Crippen MR) is 154 cm³/mol. The molecular weight excluding hydrogens is 512 g/mol. The number of benzene rings is 2. The van der Waals surface area contributed by atoms with Crippen molar-refractivity contribution >= 4 is 29.5 Å². The second kappa shape index (κ2) is 13.3. The Balaban J connectivity index is 2.61. The van der Waals surface area contributed by atoms with Gasteiger partial charge in [-0.15, -0.1) is 0 Å². The van der Waals surface area contributed by atoms with E-state index >= 15 is 0 Å². The average molecular weight is 555 g/mol. The van der Waals surface area contributed by atoms with Crippen LogP contribution in [0.4, 0.5) is 10.5 Å². The van der Waals surface area contributed by atoms with Gasteiger partial charge in [0, 0.05) is 11.2 Å². The lowest BCUT2D eigenvalue weighted by molar-refractivity contribution is -0.148. The van der Waals surface area contributed by atoms with Crippen molar-refractivity contribution in [3.05, 3.63) is 59.7 Å². The van der Waals surface area contributed by atoms with Gasteiger partial charge in [-0.25, -0.2) is 4.79 Å². The molecule has 0 aliphatic carbocycles. The third-order valence-electron chi connectivity index (χ3n) is 6.41. The van der Waals surface area contributed by atoms with Gasteiger partial charge in [0.05, 0.1) is 13.5 Å². The summed E-state index contributed by atoms with van der Waals surface area (Å²) in [6, 6.07) is 11.6. The normalized spacial score (nSPS) is 13.0. The van der Waals surface area contributed by atoms with Crippen LogP contribution in [0.15, 0.2) is 48.5 Å². The number of methoxy groups -OCH3 is 1. The molecule has 0 saturated heterocycles. The van der Waals surface area contributed by atoms with Crippen molar-refractivity contribution in [1.82, 2.24) is 10.2 Å². The zero-order valence-corrected chi connectivity index (χ0v) is 24.7. The number of carbonyl (C=O) groups is 4. The Kier molecular flexibility index (Phi) is 10.7. The lowest BCUT2D eigenvalue weighted by atomic mass is 9.91. The maximum atomic E-state index is 14.3. The van der Waals surface area contributed by atoms with Gasteiger partial charge in [0.25, 0.3) is 5.91 Å². The van der Waals surface area contributed by atoms with Crippen molar-refractivity contribution in [2.75, 3.05) is 12.4 Å². The minimum absolute atomic E-state index is 0.465.